The number of amides is 1. The molecule has 1 aliphatic rings. The average Bonchev–Trinajstić information content (AvgIpc) is 2.47. The van der Waals surface area contributed by atoms with Crippen LogP contribution in [0.2, 0.25) is 0 Å². The van der Waals surface area contributed by atoms with Crippen LogP contribution in [0.5, 0.6) is 0 Å². The van der Waals surface area contributed by atoms with Crippen LogP contribution in [0.25, 0.3) is 0 Å². The number of hydrogen-bond donors (Lipinski definition) is 1. The minimum absolute atomic E-state index is 0.129. The summed E-state index contributed by atoms with van der Waals surface area (Å²) >= 11 is 0. The molecule has 116 valence electrons. The molecule has 0 bridgehead atoms. The van der Waals surface area contributed by atoms with Crippen molar-refractivity contribution in [3.05, 3.63) is 34.9 Å². The highest BCUT2D eigenvalue weighted by Gasteiger charge is 2.25. The smallest absolute Gasteiger partial charge is 0.224 e. The average molecular weight is 288 g/mol. The van der Waals surface area contributed by atoms with E-state index >= 15 is 0 Å². The van der Waals surface area contributed by atoms with Gasteiger partial charge in [-0.3, -0.25) is 4.79 Å². The predicted molar refractivity (Wildman–Crippen MR) is 87.3 cm³/mol. The molecule has 2 atom stereocenters. The topological polar surface area (TPSA) is 32.3 Å². The number of nitrogens with one attached hydrogen (secondary N) is 1. The van der Waals surface area contributed by atoms with Crippen LogP contribution in [0.4, 0.5) is 0 Å². The van der Waals surface area contributed by atoms with Gasteiger partial charge in [-0.25, -0.2) is 0 Å². The van der Waals surface area contributed by atoms with Crippen molar-refractivity contribution >= 4 is 5.91 Å². The number of piperidine rings is 1. The molecule has 1 fully saturated rings. The number of carbonyl (C=O) groups excluding carboxylic acids is 1. The number of aryl methyl sites for hydroxylation is 2. The summed E-state index contributed by atoms with van der Waals surface area (Å²) in [5, 5.41) is 3.25. The Morgan fingerprint density at radius 3 is 2.76 bits per heavy atom. The van der Waals surface area contributed by atoms with Gasteiger partial charge in [-0.05, 0) is 63.4 Å². The molecule has 1 heterocycles. The first-order valence-electron chi connectivity index (χ1n) is 8.07. The van der Waals surface area contributed by atoms with E-state index in [-0.39, 0.29) is 17.9 Å². The first-order valence-corrected chi connectivity index (χ1v) is 8.07. The Hall–Kier alpha value is -1.35. The normalized spacial score (nSPS) is 21.0. The molecule has 0 aromatic heterocycles. The van der Waals surface area contributed by atoms with Gasteiger partial charge in [-0.1, -0.05) is 25.1 Å². The molecule has 1 N–H and O–H groups in total. The van der Waals surface area contributed by atoms with Crippen molar-refractivity contribution in [2.45, 2.75) is 46.1 Å². The van der Waals surface area contributed by atoms with Crippen LogP contribution >= 0.6 is 0 Å². The van der Waals surface area contributed by atoms with E-state index in [0.29, 0.717) is 0 Å². The Morgan fingerprint density at radius 2 is 2.14 bits per heavy atom. The molecule has 0 saturated carbocycles. The van der Waals surface area contributed by atoms with E-state index in [9.17, 15) is 4.79 Å². The lowest BCUT2D eigenvalue weighted by Gasteiger charge is -2.30. The number of hydrogen-bond acceptors (Lipinski definition) is 2. The molecule has 21 heavy (non-hydrogen) atoms. The number of nitrogens with zero attached hydrogens (tertiary/aromatic N) is 1. The molecule has 0 radical (unpaired) electrons. The third kappa shape index (κ3) is 4.07. The lowest BCUT2D eigenvalue weighted by molar-refractivity contribution is -0.127. The molecular formula is C18H28N2O. The molecular weight excluding hydrogens is 260 g/mol. The standard InChI is InChI=1S/C18H28N2O/c1-5-17(15-9-8-13(2)14(3)11-15)19-18(21)16-7-6-10-20(4)12-16/h8-9,11,16-17H,5-7,10,12H2,1-4H3,(H,19,21)/t16-,17+/m1/s1. The first kappa shape index (κ1) is 16.0. The molecule has 1 saturated heterocycles. The highest BCUT2D eigenvalue weighted by molar-refractivity contribution is 5.79. The predicted octanol–water partition coefficient (Wildman–Crippen LogP) is 3.21. The third-order valence-electron chi connectivity index (χ3n) is 4.65. The van der Waals surface area contributed by atoms with Crippen molar-refractivity contribution < 1.29 is 4.79 Å². The third-order valence-corrected chi connectivity index (χ3v) is 4.65. The molecule has 0 aliphatic carbocycles. The summed E-state index contributed by atoms with van der Waals surface area (Å²) in [6, 6.07) is 6.62. The molecule has 1 aliphatic heterocycles. The lowest BCUT2D eigenvalue weighted by atomic mass is 9.95. The van der Waals surface area contributed by atoms with E-state index in [4.69, 9.17) is 0 Å². The Morgan fingerprint density at radius 1 is 1.38 bits per heavy atom. The molecule has 1 aromatic carbocycles. The summed E-state index contributed by atoms with van der Waals surface area (Å²) < 4.78 is 0. The zero-order valence-electron chi connectivity index (χ0n) is 13.8. The first-order chi connectivity index (χ1) is 10.0. The van der Waals surface area contributed by atoms with Crippen LogP contribution < -0.4 is 5.32 Å². The maximum atomic E-state index is 12.5. The molecule has 3 heteroatoms. The quantitative estimate of drug-likeness (QED) is 0.922. The van der Waals surface area contributed by atoms with Gasteiger partial charge in [0, 0.05) is 6.54 Å². The van der Waals surface area contributed by atoms with Gasteiger partial charge in [-0.15, -0.1) is 0 Å². The van der Waals surface area contributed by atoms with E-state index in [1.807, 2.05) is 0 Å². The highest BCUT2D eigenvalue weighted by Crippen LogP contribution is 2.22. The summed E-state index contributed by atoms with van der Waals surface area (Å²) in [6.07, 6.45) is 3.06. The van der Waals surface area contributed by atoms with Gasteiger partial charge in [-0.2, -0.15) is 0 Å². The second-order valence-corrected chi connectivity index (χ2v) is 6.41. The maximum Gasteiger partial charge on any atom is 0.224 e. The molecule has 1 amide bonds. The SMILES string of the molecule is CC[C@H](NC(=O)[C@@H]1CCCN(C)C1)c1ccc(C)c(C)c1. The van der Waals surface area contributed by atoms with Gasteiger partial charge in [0.1, 0.15) is 0 Å². The second-order valence-electron chi connectivity index (χ2n) is 6.41. The molecule has 0 unspecified atom stereocenters. The van der Waals surface area contributed by atoms with Crippen LogP contribution in [0.1, 0.15) is 48.9 Å². The van der Waals surface area contributed by atoms with Crippen LogP contribution in [-0.2, 0) is 4.79 Å². The summed E-state index contributed by atoms with van der Waals surface area (Å²) in [6.45, 7) is 8.38. The molecule has 1 aromatic rings. The molecule has 2 rings (SSSR count). The largest absolute Gasteiger partial charge is 0.349 e. The summed E-state index contributed by atoms with van der Waals surface area (Å²) in [4.78, 5) is 14.8. The van der Waals surface area contributed by atoms with Crippen molar-refractivity contribution in [3.8, 4) is 0 Å². The van der Waals surface area contributed by atoms with Gasteiger partial charge < -0.3 is 10.2 Å². The number of benzene rings is 1. The van der Waals surface area contributed by atoms with Crippen molar-refractivity contribution in [2.24, 2.45) is 5.92 Å². The van der Waals surface area contributed by atoms with Crippen molar-refractivity contribution in [3.63, 3.8) is 0 Å². The second kappa shape index (κ2) is 7.08. The fourth-order valence-corrected chi connectivity index (χ4v) is 3.07. The molecule has 3 nitrogen and oxygen atoms in total. The maximum absolute atomic E-state index is 12.5. The van der Waals surface area contributed by atoms with E-state index in [0.717, 1.165) is 32.4 Å². The summed E-state index contributed by atoms with van der Waals surface area (Å²) in [5.74, 6) is 0.357. The Balaban J connectivity index is 2.04. The number of rotatable bonds is 4. The zero-order valence-corrected chi connectivity index (χ0v) is 13.8. The highest BCUT2D eigenvalue weighted by atomic mass is 16.2. The van der Waals surface area contributed by atoms with Gasteiger partial charge in [0.25, 0.3) is 0 Å². The van der Waals surface area contributed by atoms with Crippen LogP contribution in [-0.4, -0.2) is 30.9 Å². The van der Waals surface area contributed by atoms with E-state index in [1.54, 1.807) is 0 Å². The fraction of sp³-hybridized carbons (Fsp3) is 0.611. The van der Waals surface area contributed by atoms with Gasteiger partial charge >= 0.3 is 0 Å². The fourth-order valence-electron chi connectivity index (χ4n) is 3.07. The van der Waals surface area contributed by atoms with Crippen molar-refractivity contribution in [1.82, 2.24) is 10.2 Å². The van der Waals surface area contributed by atoms with E-state index < -0.39 is 0 Å². The van der Waals surface area contributed by atoms with Gasteiger partial charge in [0.2, 0.25) is 5.91 Å². The van der Waals surface area contributed by atoms with Crippen LogP contribution in [0.15, 0.2) is 18.2 Å². The number of carbonyl (C=O) groups is 1. The minimum Gasteiger partial charge on any atom is -0.349 e. The van der Waals surface area contributed by atoms with Gasteiger partial charge in [0.15, 0.2) is 0 Å². The minimum atomic E-state index is 0.129. The monoisotopic (exact) mass is 288 g/mol. The van der Waals surface area contributed by atoms with Crippen LogP contribution in [0, 0.1) is 19.8 Å². The van der Waals surface area contributed by atoms with Crippen molar-refractivity contribution in [1.29, 1.82) is 0 Å². The molecule has 0 spiro atoms. The number of likely N-dealkylation sites (tertiary alicyclic amines) is 1. The van der Waals surface area contributed by atoms with Gasteiger partial charge in [0.05, 0.1) is 12.0 Å². The Kier molecular flexibility index (Phi) is 5.40. The Labute approximate surface area is 128 Å². The van der Waals surface area contributed by atoms with E-state index in [1.165, 1.54) is 16.7 Å². The van der Waals surface area contributed by atoms with Crippen molar-refractivity contribution in [2.75, 3.05) is 20.1 Å². The summed E-state index contributed by atoms with van der Waals surface area (Å²) in [5.41, 5.74) is 3.81. The zero-order chi connectivity index (χ0) is 15.4. The summed E-state index contributed by atoms with van der Waals surface area (Å²) in [7, 11) is 2.10. The Bertz CT molecular complexity index is 498. The van der Waals surface area contributed by atoms with E-state index in [2.05, 4.69) is 56.2 Å². The van der Waals surface area contributed by atoms with Crippen LogP contribution in [0.3, 0.4) is 0 Å². The lowest BCUT2D eigenvalue weighted by Crippen LogP contribution is -2.42.